The van der Waals surface area contributed by atoms with Crippen LogP contribution in [0.15, 0.2) is 84.9 Å². The first-order valence-electron chi connectivity index (χ1n) is 14.8. The van der Waals surface area contributed by atoms with Crippen LogP contribution < -0.4 is 15.1 Å². The van der Waals surface area contributed by atoms with Crippen LogP contribution in [0.25, 0.3) is 0 Å². The van der Waals surface area contributed by atoms with Crippen LogP contribution >= 0.6 is 11.8 Å². The standard InChI is InChI=1S/C34H43NO6SSi/c1-33(2,3)43(29-12-8-6-9-13-29,30-14-10-7-11-15-30)40-23-28-20-26(36)21-34(39-5,41-28)31-24-42-32(37)35(31)22-25-16-18-27(38-4)19-17-25/h6-19,26,28,31,36H,20-24H2,1-5H3/t26-,28+,31+,34-/m1/s1. The Bertz CT molecular complexity index is 1310. The van der Waals surface area contributed by atoms with Gasteiger partial charge in [0.15, 0.2) is 5.79 Å². The summed E-state index contributed by atoms with van der Waals surface area (Å²) in [6.45, 7) is 7.44. The van der Waals surface area contributed by atoms with Crippen LogP contribution in [-0.2, 0) is 20.4 Å². The molecule has 2 aliphatic heterocycles. The minimum absolute atomic E-state index is 0.0268. The second-order valence-electron chi connectivity index (χ2n) is 12.4. The van der Waals surface area contributed by atoms with Crippen LogP contribution in [0, 0.1) is 0 Å². The Morgan fingerprint density at radius 3 is 2.12 bits per heavy atom. The molecule has 0 saturated carbocycles. The molecule has 2 saturated heterocycles. The fourth-order valence-electron chi connectivity index (χ4n) is 6.57. The first kappa shape index (κ1) is 31.8. The minimum Gasteiger partial charge on any atom is -0.497 e. The molecule has 9 heteroatoms. The van der Waals surface area contributed by atoms with E-state index >= 15 is 0 Å². The van der Waals surface area contributed by atoms with E-state index in [0.29, 0.717) is 25.3 Å². The normalized spacial score (nSPS) is 24.7. The molecule has 2 heterocycles. The van der Waals surface area contributed by atoms with E-state index in [0.717, 1.165) is 11.3 Å². The molecule has 230 valence electrons. The first-order chi connectivity index (χ1) is 20.6. The highest BCUT2D eigenvalue weighted by atomic mass is 32.2. The van der Waals surface area contributed by atoms with Gasteiger partial charge in [-0.1, -0.05) is 105 Å². The monoisotopic (exact) mass is 621 g/mol. The molecule has 0 unspecified atom stereocenters. The van der Waals surface area contributed by atoms with Crippen molar-refractivity contribution in [3.05, 3.63) is 90.5 Å². The molecule has 0 radical (unpaired) electrons. The Hall–Kier alpha value is -2.66. The molecule has 0 aromatic heterocycles. The zero-order chi connectivity index (χ0) is 30.7. The molecule has 0 spiro atoms. The van der Waals surface area contributed by atoms with Gasteiger partial charge in [0.1, 0.15) is 5.75 Å². The summed E-state index contributed by atoms with van der Waals surface area (Å²) < 4.78 is 25.4. The van der Waals surface area contributed by atoms with E-state index < -0.39 is 26.3 Å². The maximum Gasteiger partial charge on any atom is 0.282 e. The molecule has 1 N–H and O–H groups in total. The number of carbonyl (C=O) groups excluding carboxylic acids is 1. The number of ether oxygens (including phenoxy) is 3. The lowest BCUT2D eigenvalue weighted by molar-refractivity contribution is -0.307. The van der Waals surface area contributed by atoms with Crippen LogP contribution in [0.4, 0.5) is 4.79 Å². The number of amides is 1. The van der Waals surface area contributed by atoms with Gasteiger partial charge in [-0.05, 0) is 33.1 Å². The molecule has 5 rings (SSSR count). The largest absolute Gasteiger partial charge is 0.497 e. The topological polar surface area (TPSA) is 77.5 Å². The highest BCUT2D eigenvalue weighted by Crippen LogP contribution is 2.42. The lowest BCUT2D eigenvalue weighted by atomic mass is 9.92. The van der Waals surface area contributed by atoms with E-state index in [9.17, 15) is 9.90 Å². The Kier molecular flexibility index (Phi) is 9.70. The molecule has 0 aliphatic carbocycles. The van der Waals surface area contributed by atoms with Gasteiger partial charge in [0, 0.05) is 32.2 Å². The molecule has 1 amide bonds. The summed E-state index contributed by atoms with van der Waals surface area (Å²) in [6, 6.07) is 28.3. The SMILES string of the molecule is COc1ccc(CN2C(=O)SC[C@H]2[C@@]2(OC)C[C@H](O)C[C@@H](CO[Si](c3ccccc3)(c3ccccc3)C(C)(C)C)O2)cc1. The number of hydrogen-bond acceptors (Lipinski definition) is 7. The average molecular weight is 622 g/mol. The Balaban J connectivity index is 1.42. The summed E-state index contributed by atoms with van der Waals surface area (Å²) in [5.74, 6) is 0.110. The van der Waals surface area contributed by atoms with Crippen LogP contribution in [0.2, 0.25) is 5.04 Å². The van der Waals surface area contributed by atoms with Crippen molar-refractivity contribution in [3.8, 4) is 5.75 Å². The summed E-state index contributed by atoms with van der Waals surface area (Å²) in [5, 5.41) is 13.4. The third-order valence-electron chi connectivity index (χ3n) is 8.66. The fraction of sp³-hybridized carbons (Fsp3) is 0.441. The van der Waals surface area contributed by atoms with Crippen molar-refractivity contribution in [1.82, 2.24) is 4.90 Å². The van der Waals surface area contributed by atoms with Crippen LogP contribution in [0.1, 0.15) is 39.2 Å². The highest BCUT2D eigenvalue weighted by molar-refractivity contribution is 8.13. The summed E-state index contributed by atoms with van der Waals surface area (Å²) in [5.41, 5.74) is 0.982. The predicted molar refractivity (Wildman–Crippen MR) is 174 cm³/mol. The second-order valence-corrected chi connectivity index (χ2v) is 17.7. The molecule has 2 fully saturated rings. The number of nitrogens with zero attached hydrogens (tertiary/aromatic N) is 1. The third-order valence-corrected chi connectivity index (χ3v) is 14.6. The number of methoxy groups -OCH3 is 2. The Morgan fingerprint density at radius 1 is 0.977 bits per heavy atom. The lowest BCUT2D eigenvalue weighted by Gasteiger charge is -2.49. The predicted octanol–water partition coefficient (Wildman–Crippen LogP) is 5.19. The van der Waals surface area contributed by atoms with Crippen molar-refractivity contribution in [1.29, 1.82) is 0 Å². The zero-order valence-corrected chi connectivity index (χ0v) is 27.5. The van der Waals surface area contributed by atoms with Gasteiger partial charge in [-0.2, -0.15) is 0 Å². The minimum atomic E-state index is -2.81. The maximum atomic E-state index is 13.1. The van der Waals surface area contributed by atoms with Gasteiger partial charge in [-0.25, -0.2) is 0 Å². The summed E-state index contributed by atoms with van der Waals surface area (Å²) in [6.07, 6.45) is -0.384. The van der Waals surface area contributed by atoms with E-state index in [1.54, 1.807) is 14.2 Å². The van der Waals surface area contributed by atoms with Crippen molar-refractivity contribution in [2.75, 3.05) is 26.6 Å². The molecule has 3 aromatic carbocycles. The van der Waals surface area contributed by atoms with E-state index in [1.165, 1.54) is 22.1 Å². The number of benzene rings is 3. The fourth-order valence-corrected chi connectivity index (χ4v) is 12.3. The van der Waals surface area contributed by atoms with Gasteiger partial charge >= 0.3 is 0 Å². The van der Waals surface area contributed by atoms with Crippen molar-refractivity contribution in [2.24, 2.45) is 0 Å². The summed E-state index contributed by atoms with van der Waals surface area (Å²) in [7, 11) is 0.433. The van der Waals surface area contributed by atoms with Crippen LogP contribution in [0.5, 0.6) is 5.75 Å². The van der Waals surface area contributed by atoms with Crippen molar-refractivity contribution in [2.45, 2.75) is 69.2 Å². The van der Waals surface area contributed by atoms with Crippen LogP contribution in [0.3, 0.4) is 0 Å². The number of aliphatic hydroxyl groups is 1. The Morgan fingerprint density at radius 2 is 1.58 bits per heavy atom. The zero-order valence-electron chi connectivity index (χ0n) is 25.7. The van der Waals surface area contributed by atoms with Crippen LogP contribution in [-0.4, -0.2) is 74.2 Å². The second kappa shape index (κ2) is 13.1. The van der Waals surface area contributed by atoms with Gasteiger partial charge in [-0.3, -0.25) is 4.79 Å². The Labute approximate surface area is 260 Å². The number of hydrogen-bond donors (Lipinski definition) is 1. The summed E-state index contributed by atoms with van der Waals surface area (Å²) >= 11 is 1.26. The van der Waals surface area contributed by atoms with E-state index in [2.05, 4.69) is 69.3 Å². The van der Waals surface area contributed by atoms with Gasteiger partial charge < -0.3 is 28.6 Å². The molecule has 43 heavy (non-hydrogen) atoms. The van der Waals surface area contributed by atoms with Crippen molar-refractivity contribution >= 4 is 35.7 Å². The van der Waals surface area contributed by atoms with E-state index in [4.69, 9.17) is 18.6 Å². The van der Waals surface area contributed by atoms with Crippen molar-refractivity contribution in [3.63, 3.8) is 0 Å². The molecular formula is C34H43NO6SSi. The molecular weight excluding hydrogens is 579 g/mol. The van der Waals surface area contributed by atoms with Gasteiger partial charge in [0.05, 0.1) is 32.0 Å². The molecule has 3 aromatic rings. The number of aliphatic hydroxyl groups excluding tert-OH is 1. The van der Waals surface area contributed by atoms with Gasteiger partial charge in [-0.15, -0.1) is 0 Å². The average Bonchev–Trinajstić information content (AvgIpc) is 3.38. The van der Waals surface area contributed by atoms with E-state index in [1.807, 2.05) is 41.3 Å². The van der Waals surface area contributed by atoms with Gasteiger partial charge in [0.2, 0.25) is 0 Å². The van der Waals surface area contributed by atoms with Gasteiger partial charge in [0.25, 0.3) is 13.6 Å². The van der Waals surface area contributed by atoms with E-state index in [-0.39, 0.29) is 22.7 Å². The lowest BCUT2D eigenvalue weighted by Crippen LogP contribution is -2.67. The number of thioether (sulfide) groups is 1. The summed E-state index contributed by atoms with van der Waals surface area (Å²) in [4.78, 5) is 14.9. The number of carbonyl (C=O) groups is 1. The molecule has 7 nitrogen and oxygen atoms in total. The quantitative estimate of drug-likeness (QED) is 0.312. The smallest absolute Gasteiger partial charge is 0.282 e. The molecule has 2 aliphatic rings. The molecule has 0 bridgehead atoms. The third kappa shape index (κ3) is 6.43. The van der Waals surface area contributed by atoms with Crippen molar-refractivity contribution < 1.29 is 28.5 Å². The first-order valence-corrected chi connectivity index (χ1v) is 17.7. The number of rotatable bonds is 10. The molecule has 4 atom stereocenters. The maximum absolute atomic E-state index is 13.1. The highest BCUT2D eigenvalue weighted by Gasteiger charge is 2.55.